The van der Waals surface area contributed by atoms with E-state index in [0.29, 0.717) is 29.2 Å². The lowest BCUT2D eigenvalue weighted by atomic mass is 9.89. The number of carbonyl (C=O) groups is 2. The SMILES string of the molecule is O=C(O)c1ccccc1-c1ccccc1C(=O)NCC1CCCCC1. The highest BCUT2D eigenvalue weighted by molar-refractivity contribution is 6.04. The van der Waals surface area contributed by atoms with Crippen LogP contribution in [0.5, 0.6) is 0 Å². The van der Waals surface area contributed by atoms with E-state index in [0.717, 1.165) is 0 Å². The Balaban J connectivity index is 1.83. The van der Waals surface area contributed by atoms with Gasteiger partial charge in [0, 0.05) is 12.1 Å². The Hall–Kier alpha value is -2.62. The highest BCUT2D eigenvalue weighted by atomic mass is 16.4. The number of hydrogen-bond donors (Lipinski definition) is 2. The van der Waals surface area contributed by atoms with Gasteiger partial charge in [0.05, 0.1) is 5.56 Å². The van der Waals surface area contributed by atoms with Gasteiger partial charge in [0.25, 0.3) is 5.91 Å². The molecular weight excluding hydrogens is 314 g/mol. The van der Waals surface area contributed by atoms with Crippen LogP contribution in [0.3, 0.4) is 0 Å². The summed E-state index contributed by atoms with van der Waals surface area (Å²) in [5, 5.41) is 12.5. The fourth-order valence-corrected chi connectivity index (χ4v) is 3.54. The minimum atomic E-state index is -0.993. The van der Waals surface area contributed by atoms with Crippen LogP contribution in [0.2, 0.25) is 0 Å². The van der Waals surface area contributed by atoms with E-state index in [-0.39, 0.29) is 11.5 Å². The lowest BCUT2D eigenvalue weighted by Gasteiger charge is -2.22. The molecule has 0 spiro atoms. The van der Waals surface area contributed by atoms with Crippen molar-refractivity contribution in [3.05, 3.63) is 59.7 Å². The highest BCUT2D eigenvalue weighted by Gasteiger charge is 2.19. The number of benzene rings is 2. The summed E-state index contributed by atoms with van der Waals surface area (Å²) in [7, 11) is 0. The highest BCUT2D eigenvalue weighted by Crippen LogP contribution is 2.28. The first-order valence-electron chi connectivity index (χ1n) is 8.86. The molecule has 1 saturated carbocycles. The molecule has 0 bridgehead atoms. The summed E-state index contributed by atoms with van der Waals surface area (Å²) in [6, 6.07) is 14.0. The number of rotatable bonds is 5. The second kappa shape index (κ2) is 7.97. The number of hydrogen-bond acceptors (Lipinski definition) is 2. The van der Waals surface area contributed by atoms with E-state index in [1.165, 1.54) is 32.1 Å². The van der Waals surface area contributed by atoms with E-state index in [4.69, 9.17) is 0 Å². The standard InChI is InChI=1S/C21H23NO3/c23-20(22-14-15-8-2-1-3-9-15)18-12-6-4-10-16(18)17-11-5-7-13-19(17)21(24)25/h4-7,10-13,15H,1-3,8-9,14H2,(H,22,23)(H,24,25). The van der Waals surface area contributed by atoms with Gasteiger partial charge in [0.1, 0.15) is 0 Å². The van der Waals surface area contributed by atoms with Crippen molar-refractivity contribution in [3.63, 3.8) is 0 Å². The Kier molecular flexibility index (Phi) is 5.49. The van der Waals surface area contributed by atoms with E-state index in [1.54, 1.807) is 36.4 Å². The van der Waals surface area contributed by atoms with Crippen LogP contribution in [-0.2, 0) is 0 Å². The van der Waals surface area contributed by atoms with E-state index in [2.05, 4.69) is 5.32 Å². The first-order chi connectivity index (χ1) is 12.2. The van der Waals surface area contributed by atoms with Gasteiger partial charge in [-0.05, 0) is 42.0 Å². The van der Waals surface area contributed by atoms with E-state index in [9.17, 15) is 14.7 Å². The second-order valence-electron chi connectivity index (χ2n) is 6.61. The second-order valence-corrected chi connectivity index (χ2v) is 6.61. The smallest absolute Gasteiger partial charge is 0.336 e. The minimum absolute atomic E-state index is 0.138. The monoisotopic (exact) mass is 337 g/mol. The maximum atomic E-state index is 12.7. The van der Waals surface area contributed by atoms with E-state index < -0.39 is 5.97 Å². The zero-order chi connectivity index (χ0) is 17.6. The van der Waals surface area contributed by atoms with Crippen LogP contribution in [0.4, 0.5) is 0 Å². The van der Waals surface area contributed by atoms with E-state index in [1.807, 2.05) is 12.1 Å². The molecule has 0 atom stereocenters. The molecule has 2 N–H and O–H groups in total. The average molecular weight is 337 g/mol. The average Bonchev–Trinajstić information content (AvgIpc) is 2.67. The van der Waals surface area contributed by atoms with Gasteiger partial charge in [-0.25, -0.2) is 4.79 Å². The Morgan fingerprint density at radius 2 is 1.44 bits per heavy atom. The summed E-state index contributed by atoms with van der Waals surface area (Å²) in [5.41, 5.74) is 1.95. The Labute approximate surface area is 147 Å². The summed E-state index contributed by atoms with van der Waals surface area (Å²) < 4.78 is 0. The molecule has 0 aliphatic heterocycles. The largest absolute Gasteiger partial charge is 0.478 e. The molecule has 3 rings (SSSR count). The number of carboxylic acid groups (broad SMARTS) is 1. The zero-order valence-electron chi connectivity index (χ0n) is 14.2. The van der Waals surface area contributed by atoms with Crippen molar-refractivity contribution in [3.8, 4) is 11.1 Å². The van der Waals surface area contributed by atoms with Crippen LogP contribution in [0.25, 0.3) is 11.1 Å². The molecule has 4 heteroatoms. The summed E-state index contributed by atoms with van der Waals surface area (Å²) in [4.78, 5) is 24.2. The van der Waals surface area contributed by atoms with Gasteiger partial charge in [0.2, 0.25) is 0 Å². The van der Waals surface area contributed by atoms with Crippen molar-refractivity contribution in [2.75, 3.05) is 6.54 Å². The molecular formula is C21H23NO3. The third kappa shape index (κ3) is 4.08. The normalized spacial score (nSPS) is 14.9. The molecule has 1 aliphatic carbocycles. The summed E-state index contributed by atoms with van der Waals surface area (Å²) >= 11 is 0. The summed E-state index contributed by atoms with van der Waals surface area (Å²) in [6.45, 7) is 0.688. The molecule has 0 heterocycles. The fourth-order valence-electron chi connectivity index (χ4n) is 3.54. The van der Waals surface area contributed by atoms with Crippen molar-refractivity contribution in [2.24, 2.45) is 5.92 Å². The number of carbonyl (C=O) groups excluding carboxylic acids is 1. The van der Waals surface area contributed by atoms with Crippen molar-refractivity contribution < 1.29 is 14.7 Å². The van der Waals surface area contributed by atoms with Gasteiger partial charge < -0.3 is 10.4 Å². The molecule has 1 fully saturated rings. The molecule has 0 saturated heterocycles. The molecule has 2 aromatic carbocycles. The summed E-state index contributed by atoms with van der Waals surface area (Å²) in [6.07, 6.45) is 6.11. The van der Waals surface area contributed by atoms with Gasteiger partial charge in [-0.1, -0.05) is 55.7 Å². The Morgan fingerprint density at radius 1 is 0.880 bits per heavy atom. The van der Waals surface area contributed by atoms with Crippen molar-refractivity contribution in [1.82, 2.24) is 5.32 Å². The first-order valence-corrected chi connectivity index (χ1v) is 8.86. The summed E-state index contributed by atoms with van der Waals surface area (Å²) in [5.74, 6) is -0.578. The van der Waals surface area contributed by atoms with Crippen LogP contribution in [0.1, 0.15) is 52.8 Å². The van der Waals surface area contributed by atoms with Crippen molar-refractivity contribution >= 4 is 11.9 Å². The minimum Gasteiger partial charge on any atom is -0.478 e. The van der Waals surface area contributed by atoms with Gasteiger partial charge in [-0.3, -0.25) is 4.79 Å². The van der Waals surface area contributed by atoms with E-state index >= 15 is 0 Å². The molecule has 25 heavy (non-hydrogen) atoms. The van der Waals surface area contributed by atoms with Gasteiger partial charge in [-0.2, -0.15) is 0 Å². The lowest BCUT2D eigenvalue weighted by molar-refractivity contribution is 0.0697. The molecule has 0 radical (unpaired) electrons. The maximum absolute atomic E-state index is 12.7. The van der Waals surface area contributed by atoms with Gasteiger partial charge >= 0.3 is 5.97 Å². The molecule has 1 amide bonds. The zero-order valence-corrected chi connectivity index (χ0v) is 14.2. The lowest BCUT2D eigenvalue weighted by Crippen LogP contribution is -2.30. The number of amides is 1. The predicted molar refractivity (Wildman–Crippen MR) is 97.7 cm³/mol. The topological polar surface area (TPSA) is 66.4 Å². The molecule has 0 aromatic heterocycles. The number of nitrogens with one attached hydrogen (secondary N) is 1. The third-order valence-corrected chi connectivity index (χ3v) is 4.90. The fraction of sp³-hybridized carbons (Fsp3) is 0.333. The van der Waals surface area contributed by atoms with Crippen LogP contribution in [0.15, 0.2) is 48.5 Å². The van der Waals surface area contributed by atoms with Crippen LogP contribution < -0.4 is 5.32 Å². The molecule has 1 aliphatic rings. The number of carboxylic acids is 1. The maximum Gasteiger partial charge on any atom is 0.336 e. The van der Waals surface area contributed by atoms with Crippen LogP contribution >= 0.6 is 0 Å². The van der Waals surface area contributed by atoms with Gasteiger partial charge in [-0.15, -0.1) is 0 Å². The van der Waals surface area contributed by atoms with Gasteiger partial charge in [0.15, 0.2) is 0 Å². The predicted octanol–water partition coefficient (Wildman–Crippen LogP) is 4.36. The Morgan fingerprint density at radius 3 is 2.08 bits per heavy atom. The van der Waals surface area contributed by atoms with Crippen LogP contribution in [0, 0.1) is 5.92 Å². The quantitative estimate of drug-likeness (QED) is 0.852. The molecule has 0 unspecified atom stereocenters. The van der Waals surface area contributed by atoms with Crippen LogP contribution in [-0.4, -0.2) is 23.5 Å². The van der Waals surface area contributed by atoms with Crippen molar-refractivity contribution in [1.29, 1.82) is 0 Å². The molecule has 130 valence electrons. The Bertz CT molecular complexity index is 763. The number of aromatic carboxylic acids is 1. The first kappa shape index (κ1) is 17.2. The molecule has 2 aromatic rings. The molecule has 4 nitrogen and oxygen atoms in total. The third-order valence-electron chi connectivity index (χ3n) is 4.90. The van der Waals surface area contributed by atoms with Crippen molar-refractivity contribution in [2.45, 2.75) is 32.1 Å².